The molecule has 2 nitrogen and oxygen atoms in total. The molecule has 0 radical (unpaired) electrons. The van der Waals surface area contributed by atoms with E-state index < -0.39 is 0 Å². The normalized spacial score (nSPS) is 11.8. The molecule has 0 heterocycles. The summed E-state index contributed by atoms with van der Waals surface area (Å²) in [5.41, 5.74) is 0. The standard InChI is InChI=1S/C20H36O2/c1-19(2)17-15-13-11-9-7-5-4-6-8-10-12-14-16-18-20(21)22-3/h4-5,10,12,19H,6-9,11,13-18H2,1-3H3. The fourth-order valence-electron chi connectivity index (χ4n) is 2.30. The third-order valence-corrected chi connectivity index (χ3v) is 3.71. The van der Waals surface area contributed by atoms with Gasteiger partial charge in [-0.15, -0.1) is 0 Å². The lowest BCUT2D eigenvalue weighted by atomic mass is 10.0. The fraction of sp³-hybridized carbons (Fsp3) is 0.750. The largest absolute Gasteiger partial charge is 0.469 e. The molecule has 22 heavy (non-hydrogen) atoms. The van der Waals surface area contributed by atoms with Crippen LogP contribution in [0.2, 0.25) is 0 Å². The summed E-state index contributed by atoms with van der Waals surface area (Å²) in [7, 11) is 1.44. The van der Waals surface area contributed by atoms with Gasteiger partial charge in [0.2, 0.25) is 0 Å². The van der Waals surface area contributed by atoms with Crippen LogP contribution in [0.4, 0.5) is 0 Å². The first-order chi connectivity index (χ1) is 10.7. The van der Waals surface area contributed by atoms with Crippen molar-refractivity contribution in [2.75, 3.05) is 7.11 Å². The molecule has 0 atom stereocenters. The molecule has 2 heteroatoms. The van der Waals surface area contributed by atoms with E-state index in [1.54, 1.807) is 0 Å². The summed E-state index contributed by atoms with van der Waals surface area (Å²) in [6.45, 7) is 4.60. The number of carbonyl (C=O) groups excluding carboxylic acids is 1. The van der Waals surface area contributed by atoms with Gasteiger partial charge in [0.1, 0.15) is 0 Å². The minimum Gasteiger partial charge on any atom is -0.469 e. The third-order valence-electron chi connectivity index (χ3n) is 3.71. The maximum atomic E-state index is 10.9. The van der Waals surface area contributed by atoms with Crippen LogP contribution in [0, 0.1) is 5.92 Å². The second kappa shape index (κ2) is 16.3. The summed E-state index contributed by atoms with van der Waals surface area (Å²) < 4.78 is 4.60. The van der Waals surface area contributed by atoms with Crippen LogP contribution in [0.15, 0.2) is 24.3 Å². The summed E-state index contributed by atoms with van der Waals surface area (Å²) in [6, 6.07) is 0. The van der Waals surface area contributed by atoms with Crippen molar-refractivity contribution in [3.05, 3.63) is 24.3 Å². The van der Waals surface area contributed by atoms with E-state index in [9.17, 15) is 4.79 Å². The molecular formula is C20H36O2. The van der Waals surface area contributed by atoms with Gasteiger partial charge in [-0.1, -0.05) is 63.8 Å². The Bertz CT molecular complexity index is 303. The second-order valence-corrected chi connectivity index (χ2v) is 6.37. The van der Waals surface area contributed by atoms with Gasteiger partial charge >= 0.3 is 5.97 Å². The number of unbranched alkanes of at least 4 members (excludes halogenated alkanes) is 6. The van der Waals surface area contributed by atoms with Crippen LogP contribution >= 0.6 is 0 Å². The summed E-state index contributed by atoms with van der Waals surface area (Å²) in [5.74, 6) is 0.744. The van der Waals surface area contributed by atoms with E-state index in [1.165, 1.54) is 45.6 Å². The molecule has 0 aromatic heterocycles. The molecule has 0 amide bonds. The van der Waals surface area contributed by atoms with E-state index in [4.69, 9.17) is 0 Å². The van der Waals surface area contributed by atoms with Gasteiger partial charge in [0, 0.05) is 6.42 Å². The van der Waals surface area contributed by atoms with E-state index in [-0.39, 0.29) is 5.97 Å². The Morgan fingerprint density at radius 2 is 1.36 bits per heavy atom. The third kappa shape index (κ3) is 17.0. The number of methoxy groups -OCH3 is 1. The predicted octanol–water partition coefficient (Wildman–Crippen LogP) is 6.22. The molecule has 0 saturated heterocycles. The van der Waals surface area contributed by atoms with Crippen molar-refractivity contribution >= 4 is 5.97 Å². The maximum Gasteiger partial charge on any atom is 0.305 e. The highest BCUT2D eigenvalue weighted by Gasteiger charge is 1.96. The van der Waals surface area contributed by atoms with Gasteiger partial charge in [-0.2, -0.15) is 0 Å². The number of rotatable bonds is 14. The molecule has 0 bridgehead atoms. The molecule has 0 aromatic carbocycles. The minimum atomic E-state index is -0.111. The van der Waals surface area contributed by atoms with E-state index in [2.05, 4.69) is 42.9 Å². The lowest BCUT2D eigenvalue weighted by Crippen LogP contribution is -1.98. The Morgan fingerprint density at radius 3 is 1.95 bits per heavy atom. The lowest BCUT2D eigenvalue weighted by molar-refractivity contribution is -0.140. The van der Waals surface area contributed by atoms with Crippen molar-refractivity contribution in [1.29, 1.82) is 0 Å². The van der Waals surface area contributed by atoms with Crippen LogP contribution in [0.25, 0.3) is 0 Å². The minimum absolute atomic E-state index is 0.111. The van der Waals surface area contributed by atoms with Gasteiger partial charge in [0.25, 0.3) is 0 Å². The Kier molecular flexibility index (Phi) is 15.5. The monoisotopic (exact) mass is 308 g/mol. The van der Waals surface area contributed by atoms with Crippen LogP contribution in [0.1, 0.15) is 84.5 Å². The van der Waals surface area contributed by atoms with Crippen molar-refractivity contribution in [2.45, 2.75) is 84.5 Å². The summed E-state index contributed by atoms with van der Waals surface area (Å²) in [5, 5.41) is 0. The van der Waals surface area contributed by atoms with Gasteiger partial charge in [-0.05, 0) is 44.4 Å². The number of hydrogen-bond acceptors (Lipinski definition) is 2. The summed E-state index contributed by atoms with van der Waals surface area (Å²) in [6.07, 6.45) is 21.7. The van der Waals surface area contributed by atoms with Crippen molar-refractivity contribution in [3.63, 3.8) is 0 Å². The van der Waals surface area contributed by atoms with Crippen LogP contribution in [-0.4, -0.2) is 13.1 Å². The van der Waals surface area contributed by atoms with E-state index in [1.807, 2.05) is 0 Å². The van der Waals surface area contributed by atoms with Crippen molar-refractivity contribution < 1.29 is 9.53 Å². The zero-order valence-electron chi connectivity index (χ0n) is 15.0. The Balaban J connectivity index is 3.25. The number of allylic oxidation sites excluding steroid dienone is 4. The lowest BCUT2D eigenvalue weighted by Gasteiger charge is -2.03. The Morgan fingerprint density at radius 1 is 0.818 bits per heavy atom. The molecule has 0 rings (SSSR count). The van der Waals surface area contributed by atoms with Crippen LogP contribution in [0.3, 0.4) is 0 Å². The quantitative estimate of drug-likeness (QED) is 0.216. The van der Waals surface area contributed by atoms with E-state index >= 15 is 0 Å². The molecule has 0 spiro atoms. The molecule has 0 unspecified atom stereocenters. The highest BCUT2D eigenvalue weighted by atomic mass is 16.5. The van der Waals surface area contributed by atoms with Crippen molar-refractivity contribution in [1.82, 2.24) is 0 Å². The topological polar surface area (TPSA) is 26.3 Å². The average molecular weight is 309 g/mol. The summed E-state index contributed by atoms with van der Waals surface area (Å²) >= 11 is 0. The van der Waals surface area contributed by atoms with Crippen LogP contribution < -0.4 is 0 Å². The molecule has 0 aliphatic heterocycles. The molecule has 0 aliphatic carbocycles. The predicted molar refractivity (Wildman–Crippen MR) is 95.9 cm³/mol. The second-order valence-electron chi connectivity index (χ2n) is 6.37. The highest BCUT2D eigenvalue weighted by Crippen LogP contribution is 2.10. The first kappa shape index (κ1) is 20.9. The molecule has 0 aliphatic rings. The SMILES string of the molecule is COC(=O)CCCC=CCCC=CCCCCCCC(C)C. The number of carbonyl (C=O) groups is 1. The van der Waals surface area contributed by atoms with Crippen LogP contribution in [-0.2, 0) is 9.53 Å². The number of ether oxygens (including phenoxy) is 1. The van der Waals surface area contributed by atoms with Gasteiger partial charge < -0.3 is 4.74 Å². The zero-order valence-corrected chi connectivity index (χ0v) is 15.0. The molecule has 128 valence electrons. The number of hydrogen-bond donors (Lipinski definition) is 0. The van der Waals surface area contributed by atoms with E-state index in [0.29, 0.717) is 6.42 Å². The van der Waals surface area contributed by atoms with Crippen molar-refractivity contribution in [3.8, 4) is 0 Å². The smallest absolute Gasteiger partial charge is 0.305 e. The molecular weight excluding hydrogens is 272 g/mol. The molecule has 0 N–H and O–H groups in total. The maximum absolute atomic E-state index is 10.9. The summed E-state index contributed by atoms with van der Waals surface area (Å²) in [4.78, 5) is 10.9. The van der Waals surface area contributed by atoms with Crippen molar-refractivity contribution in [2.24, 2.45) is 5.92 Å². The van der Waals surface area contributed by atoms with Gasteiger partial charge in [-0.25, -0.2) is 0 Å². The fourth-order valence-corrected chi connectivity index (χ4v) is 2.30. The van der Waals surface area contributed by atoms with Gasteiger partial charge in [-0.3, -0.25) is 4.79 Å². The number of esters is 1. The zero-order chi connectivity index (χ0) is 16.5. The Labute approximate surface area is 138 Å². The molecule has 0 saturated carbocycles. The highest BCUT2D eigenvalue weighted by molar-refractivity contribution is 5.68. The van der Waals surface area contributed by atoms with Crippen LogP contribution in [0.5, 0.6) is 0 Å². The Hall–Kier alpha value is -1.05. The molecule has 0 aromatic rings. The first-order valence-electron chi connectivity index (χ1n) is 9.03. The van der Waals surface area contributed by atoms with E-state index in [0.717, 1.165) is 31.6 Å². The van der Waals surface area contributed by atoms with Gasteiger partial charge in [0.15, 0.2) is 0 Å². The molecule has 0 fully saturated rings. The van der Waals surface area contributed by atoms with Gasteiger partial charge in [0.05, 0.1) is 7.11 Å². The average Bonchev–Trinajstić information content (AvgIpc) is 2.50. The first-order valence-corrected chi connectivity index (χ1v) is 9.03.